The Morgan fingerprint density at radius 3 is 2.70 bits per heavy atom. The average Bonchev–Trinajstić information content (AvgIpc) is 2.40. The van der Waals surface area contributed by atoms with Crippen LogP contribution in [0.15, 0.2) is 12.1 Å². The van der Waals surface area contributed by atoms with Crippen molar-refractivity contribution in [3.8, 4) is 0 Å². The summed E-state index contributed by atoms with van der Waals surface area (Å²) < 4.78 is 0. The Hall–Kier alpha value is -1.85. The van der Waals surface area contributed by atoms with Crippen LogP contribution in [0.3, 0.4) is 0 Å². The van der Waals surface area contributed by atoms with Crippen molar-refractivity contribution in [2.45, 2.75) is 39.5 Å². The lowest BCUT2D eigenvalue weighted by molar-refractivity contribution is -0.384. The summed E-state index contributed by atoms with van der Waals surface area (Å²) in [4.78, 5) is 15.0. The highest BCUT2D eigenvalue weighted by Crippen LogP contribution is 2.40. The van der Waals surface area contributed by atoms with E-state index in [4.69, 9.17) is 0 Å². The van der Waals surface area contributed by atoms with Crippen LogP contribution in [0.25, 0.3) is 0 Å². The molecule has 2 rings (SSSR count). The van der Waals surface area contributed by atoms with Gasteiger partial charge in [0.25, 0.3) is 0 Å². The molecule has 0 bridgehead atoms. The van der Waals surface area contributed by atoms with Crippen molar-refractivity contribution in [2.24, 2.45) is 5.41 Å². The number of nitrogens with one attached hydrogen (secondary N) is 2. The molecule has 1 aromatic heterocycles. The van der Waals surface area contributed by atoms with Gasteiger partial charge in [0, 0.05) is 19.2 Å². The van der Waals surface area contributed by atoms with E-state index in [1.54, 1.807) is 6.07 Å². The van der Waals surface area contributed by atoms with Crippen LogP contribution in [0.2, 0.25) is 0 Å². The van der Waals surface area contributed by atoms with Crippen molar-refractivity contribution in [1.29, 1.82) is 0 Å². The van der Waals surface area contributed by atoms with E-state index >= 15 is 0 Å². The fourth-order valence-corrected chi connectivity index (χ4v) is 2.33. The van der Waals surface area contributed by atoms with Gasteiger partial charge in [-0.25, -0.2) is 4.98 Å². The summed E-state index contributed by atoms with van der Waals surface area (Å²) in [6.07, 6.45) is 4.56. The summed E-state index contributed by atoms with van der Waals surface area (Å²) >= 11 is 0. The lowest BCUT2D eigenvalue weighted by Gasteiger charge is -2.38. The number of rotatable bonds is 7. The van der Waals surface area contributed by atoms with E-state index in [0.29, 0.717) is 11.6 Å². The normalized spacial score (nSPS) is 16.3. The molecule has 0 aliphatic heterocycles. The first-order valence-corrected chi connectivity index (χ1v) is 7.17. The number of hydrogen-bond donors (Lipinski definition) is 2. The lowest BCUT2D eigenvalue weighted by atomic mass is 9.70. The zero-order valence-corrected chi connectivity index (χ0v) is 12.1. The Morgan fingerprint density at radius 1 is 1.40 bits per heavy atom. The van der Waals surface area contributed by atoms with E-state index in [1.165, 1.54) is 25.3 Å². The second-order valence-electron chi connectivity index (χ2n) is 5.77. The zero-order chi connectivity index (χ0) is 14.6. The maximum atomic E-state index is 11.1. The summed E-state index contributed by atoms with van der Waals surface area (Å²) in [6, 6.07) is 3.17. The van der Waals surface area contributed by atoms with Gasteiger partial charge in [-0.3, -0.25) is 10.1 Å². The van der Waals surface area contributed by atoms with Crippen molar-refractivity contribution >= 4 is 17.3 Å². The molecular weight excluding hydrogens is 256 g/mol. The quantitative estimate of drug-likeness (QED) is 0.590. The van der Waals surface area contributed by atoms with Crippen LogP contribution in [0.1, 0.15) is 39.5 Å². The molecule has 0 unspecified atom stereocenters. The molecule has 0 amide bonds. The minimum absolute atomic E-state index is 0.0370. The molecule has 1 saturated carbocycles. The van der Waals surface area contributed by atoms with Gasteiger partial charge in [-0.1, -0.05) is 20.3 Å². The van der Waals surface area contributed by atoms with Crippen LogP contribution >= 0.6 is 0 Å². The number of anilines is 2. The molecule has 2 N–H and O–H groups in total. The predicted octanol–water partition coefficient (Wildman–Crippen LogP) is 3.41. The Morgan fingerprint density at radius 2 is 2.15 bits per heavy atom. The summed E-state index contributed by atoms with van der Waals surface area (Å²) in [7, 11) is 0. The fraction of sp³-hybridized carbons (Fsp3) is 0.643. The SMILES string of the molecule is CCCNc1ccc([N+](=O)[O-])c(NCC2(C)CCC2)n1. The van der Waals surface area contributed by atoms with Crippen LogP contribution < -0.4 is 10.6 Å². The summed E-state index contributed by atoms with van der Waals surface area (Å²) in [6.45, 7) is 5.81. The van der Waals surface area contributed by atoms with Gasteiger partial charge in [-0.15, -0.1) is 0 Å². The second kappa shape index (κ2) is 6.07. The number of hydrogen-bond acceptors (Lipinski definition) is 5. The van der Waals surface area contributed by atoms with Gasteiger partial charge in [0.2, 0.25) is 5.82 Å². The molecule has 6 heteroatoms. The molecule has 0 saturated heterocycles. The van der Waals surface area contributed by atoms with Gasteiger partial charge in [-0.05, 0) is 30.7 Å². The molecule has 1 aliphatic rings. The zero-order valence-electron chi connectivity index (χ0n) is 12.1. The van der Waals surface area contributed by atoms with Gasteiger partial charge in [0.15, 0.2) is 0 Å². The molecule has 1 aliphatic carbocycles. The van der Waals surface area contributed by atoms with Crippen molar-refractivity contribution in [3.05, 3.63) is 22.2 Å². The number of pyridine rings is 1. The Bertz CT molecular complexity index is 486. The van der Waals surface area contributed by atoms with Crippen LogP contribution in [-0.2, 0) is 0 Å². The molecule has 1 heterocycles. The van der Waals surface area contributed by atoms with Crippen LogP contribution in [0.4, 0.5) is 17.3 Å². The van der Waals surface area contributed by atoms with E-state index in [9.17, 15) is 10.1 Å². The van der Waals surface area contributed by atoms with Gasteiger partial charge in [0.1, 0.15) is 5.82 Å². The summed E-state index contributed by atoms with van der Waals surface area (Å²) in [5, 5.41) is 17.4. The first-order chi connectivity index (χ1) is 9.54. The smallest absolute Gasteiger partial charge is 0.311 e. The maximum Gasteiger partial charge on any atom is 0.311 e. The topological polar surface area (TPSA) is 80.1 Å². The van der Waals surface area contributed by atoms with Crippen LogP contribution in [0, 0.1) is 15.5 Å². The molecular formula is C14H22N4O2. The second-order valence-corrected chi connectivity index (χ2v) is 5.77. The molecule has 0 spiro atoms. The molecule has 1 fully saturated rings. The van der Waals surface area contributed by atoms with Crippen molar-refractivity contribution in [2.75, 3.05) is 23.7 Å². The fourth-order valence-electron chi connectivity index (χ4n) is 2.33. The van der Waals surface area contributed by atoms with E-state index < -0.39 is 0 Å². The first kappa shape index (κ1) is 14.6. The maximum absolute atomic E-state index is 11.1. The minimum atomic E-state index is -0.387. The first-order valence-electron chi connectivity index (χ1n) is 7.17. The summed E-state index contributed by atoms with van der Waals surface area (Å²) in [5.74, 6) is 1.04. The molecule has 0 atom stereocenters. The van der Waals surface area contributed by atoms with E-state index in [-0.39, 0.29) is 16.0 Å². The standard InChI is InChI=1S/C14H22N4O2/c1-3-9-15-12-6-5-11(18(19)20)13(17-12)16-10-14(2)7-4-8-14/h5-6H,3-4,7-10H2,1-2H3,(H2,15,16,17). The highest BCUT2D eigenvalue weighted by Gasteiger charge is 2.32. The van der Waals surface area contributed by atoms with Gasteiger partial charge < -0.3 is 10.6 Å². The largest absolute Gasteiger partial charge is 0.370 e. The molecule has 6 nitrogen and oxygen atoms in total. The highest BCUT2D eigenvalue weighted by atomic mass is 16.6. The third-order valence-electron chi connectivity index (χ3n) is 3.87. The Kier molecular flexibility index (Phi) is 4.42. The van der Waals surface area contributed by atoms with Gasteiger partial charge >= 0.3 is 5.69 Å². The molecule has 0 aromatic carbocycles. The molecule has 20 heavy (non-hydrogen) atoms. The van der Waals surface area contributed by atoms with Crippen LogP contribution in [-0.4, -0.2) is 23.0 Å². The van der Waals surface area contributed by atoms with Crippen molar-refractivity contribution < 1.29 is 4.92 Å². The van der Waals surface area contributed by atoms with Crippen molar-refractivity contribution in [1.82, 2.24) is 4.98 Å². The minimum Gasteiger partial charge on any atom is -0.370 e. The molecule has 1 aromatic rings. The Labute approximate surface area is 119 Å². The van der Waals surface area contributed by atoms with E-state index in [2.05, 4.69) is 29.5 Å². The number of aromatic nitrogens is 1. The molecule has 110 valence electrons. The van der Waals surface area contributed by atoms with Crippen LogP contribution in [0.5, 0.6) is 0 Å². The predicted molar refractivity (Wildman–Crippen MR) is 80.1 cm³/mol. The third kappa shape index (κ3) is 3.37. The van der Waals surface area contributed by atoms with Gasteiger partial charge in [-0.2, -0.15) is 0 Å². The lowest BCUT2D eigenvalue weighted by Crippen LogP contribution is -2.33. The Balaban J connectivity index is 2.11. The van der Waals surface area contributed by atoms with E-state index in [1.807, 2.05) is 0 Å². The average molecular weight is 278 g/mol. The molecule has 0 radical (unpaired) electrons. The van der Waals surface area contributed by atoms with Gasteiger partial charge in [0.05, 0.1) is 4.92 Å². The monoisotopic (exact) mass is 278 g/mol. The number of nitrogens with zero attached hydrogens (tertiary/aromatic N) is 2. The highest BCUT2D eigenvalue weighted by molar-refractivity contribution is 5.60. The van der Waals surface area contributed by atoms with Crippen molar-refractivity contribution in [3.63, 3.8) is 0 Å². The summed E-state index contributed by atoms with van der Waals surface area (Å²) in [5.41, 5.74) is 0.289. The number of nitro groups is 1. The van der Waals surface area contributed by atoms with E-state index in [0.717, 1.165) is 19.5 Å². The third-order valence-corrected chi connectivity index (χ3v) is 3.87.